The number of benzene rings is 2. The van der Waals surface area contributed by atoms with Crippen molar-refractivity contribution in [2.24, 2.45) is 0 Å². The number of ketones is 1. The van der Waals surface area contributed by atoms with Crippen LogP contribution in [0.15, 0.2) is 54.1 Å². The first-order chi connectivity index (χ1) is 18.5. The van der Waals surface area contributed by atoms with E-state index in [-0.39, 0.29) is 11.3 Å². The lowest BCUT2D eigenvalue weighted by atomic mass is 9.95. The molecule has 2 aromatic rings. The van der Waals surface area contributed by atoms with Crippen molar-refractivity contribution in [3.63, 3.8) is 0 Å². The van der Waals surface area contributed by atoms with E-state index in [2.05, 4.69) is 25.7 Å². The van der Waals surface area contributed by atoms with Gasteiger partial charge in [0.15, 0.2) is 11.5 Å². The van der Waals surface area contributed by atoms with Crippen molar-refractivity contribution in [3.8, 4) is 11.5 Å². The Hall–Kier alpha value is -3.32. The molecule has 206 valence electrons. The van der Waals surface area contributed by atoms with E-state index in [0.717, 1.165) is 38.9 Å². The zero-order valence-electron chi connectivity index (χ0n) is 23.2. The molecule has 1 aliphatic heterocycles. The van der Waals surface area contributed by atoms with Crippen LogP contribution < -0.4 is 9.47 Å². The molecule has 1 unspecified atom stereocenters. The topological polar surface area (TPSA) is 79.3 Å². The van der Waals surface area contributed by atoms with Crippen molar-refractivity contribution in [2.75, 3.05) is 39.4 Å². The predicted octanol–water partition coefficient (Wildman–Crippen LogP) is 5.81. The zero-order valence-corrected chi connectivity index (χ0v) is 23.2. The van der Waals surface area contributed by atoms with Crippen LogP contribution in [0.3, 0.4) is 0 Å². The van der Waals surface area contributed by atoms with Gasteiger partial charge in [0.1, 0.15) is 5.76 Å². The van der Waals surface area contributed by atoms with Crippen molar-refractivity contribution < 1.29 is 24.2 Å². The predicted molar refractivity (Wildman–Crippen MR) is 150 cm³/mol. The number of aliphatic hydroxyl groups is 1. The Labute approximate surface area is 227 Å². The molecule has 1 fully saturated rings. The molecule has 1 saturated heterocycles. The number of aliphatic hydroxyl groups excluding tert-OH is 1. The number of hydrogen-bond donors (Lipinski definition) is 1. The highest BCUT2D eigenvalue weighted by Crippen LogP contribution is 2.42. The minimum atomic E-state index is -0.722. The summed E-state index contributed by atoms with van der Waals surface area (Å²) < 4.78 is 11.9. The molecule has 0 saturated carbocycles. The lowest BCUT2D eigenvalue weighted by Gasteiger charge is -2.27. The van der Waals surface area contributed by atoms with Crippen LogP contribution in [0.2, 0.25) is 0 Å². The number of ether oxygens (including phenoxy) is 2. The van der Waals surface area contributed by atoms with Gasteiger partial charge >= 0.3 is 0 Å². The van der Waals surface area contributed by atoms with E-state index in [0.29, 0.717) is 48.8 Å². The second kappa shape index (κ2) is 14.6. The molecule has 0 spiro atoms. The zero-order chi connectivity index (χ0) is 27.5. The Kier molecular flexibility index (Phi) is 11.2. The molecule has 0 aromatic heterocycles. The number of nitrogens with zero attached hydrogens (tertiary/aromatic N) is 2. The number of rotatable bonds is 15. The van der Waals surface area contributed by atoms with Crippen molar-refractivity contribution in [2.45, 2.75) is 59.4 Å². The van der Waals surface area contributed by atoms with Crippen LogP contribution in [-0.2, 0) is 9.59 Å². The fourth-order valence-corrected chi connectivity index (χ4v) is 4.83. The van der Waals surface area contributed by atoms with Gasteiger partial charge in [0.25, 0.3) is 11.7 Å². The molecule has 2 aromatic carbocycles. The highest BCUT2D eigenvalue weighted by atomic mass is 16.5. The Morgan fingerprint density at radius 2 is 1.66 bits per heavy atom. The molecule has 0 aliphatic carbocycles. The highest BCUT2D eigenvalue weighted by Gasteiger charge is 2.46. The summed E-state index contributed by atoms with van der Waals surface area (Å²) in [5.41, 5.74) is 1.30. The molecular formula is C31H42N2O5. The standard InChI is InChI=1S/C31H42N2O5/c1-5-9-13-21-38-25-18-17-24(22-26(25)37-8-4)28-27(29(34)23-15-11-10-12-16-23)30(35)31(36)33(28)20-14-19-32(6-2)7-3/h10-12,15-18,22,28,34H,5-9,13-14,19-21H2,1-4H3/b29-27+. The van der Waals surface area contributed by atoms with Crippen LogP contribution in [0.1, 0.15) is 70.5 Å². The Bertz CT molecular complexity index is 1090. The number of likely N-dealkylation sites (tertiary alicyclic amines) is 1. The third-order valence-corrected chi connectivity index (χ3v) is 6.94. The average molecular weight is 523 g/mol. The minimum absolute atomic E-state index is 0.100. The van der Waals surface area contributed by atoms with E-state index in [1.807, 2.05) is 31.2 Å². The molecule has 0 bridgehead atoms. The van der Waals surface area contributed by atoms with Gasteiger partial charge in [0.05, 0.1) is 24.8 Å². The fraction of sp³-hybridized carbons (Fsp3) is 0.484. The highest BCUT2D eigenvalue weighted by molar-refractivity contribution is 6.46. The summed E-state index contributed by atoms with van der Waals surface area (Å²) >= 11 is 0. The third kappa shape index (κ3) is 6.95. The van der Waals surface area contributed by atoms with Gasteiger partial charge in [-0.05, 0) is 57.1 Å². The molecule has 0 radical (unpaired) electrons. The maximum absolute atomic E-state index is 13.3. The molecular weight excluding hydrogens is 480 g/mol. The molecule has 3 rings (SSSR count). The first-order valence-corrected chi connectivity index (χ1v) is 13.9. The van der Waals surface area contributed by atoms with Crippen LogP contribution in [0, 0.1) is 0 Å². The van der Waals surface area contributed by atoms with Gasteiger partial charge in [-0.3, -0.25) is 9.59 Å². The van der Waals surface area contributed by atoms with E-state index >= 15 is 0 Å². The van der Waals surface area contributed by atoms with E-state index in [1.54, 1.807) is 29.2 Å². The largest absolute Gasteiger partial charge is 0.507 e. The first kappa shape index (κ1) is 29.2. The van der Waals surface area contributed by atoms with E-state index in [9.17, 15) is 14.7 Å². The molecule has 38 heavy (non-hydrogen) atoms. The van der Waals surface area contributed by atoms with Crippen LogP contribution in [0.25, 0.3) is 5.76 Å². The monoisotopic (exact) mass is 522 g/mol. The van der Waals surface area contributed by atoms with Gasteiger partial charge in [0, 0.05) is 12.1 Å². The summed E-state index contributed by atoms with van der Waals surface area (Å²) in [5.74, 6) is -0.233. The van der Waals surface area contributed by atoms with E-state index in [4.69, 9.17) is 9.47 Å². The Morgan fingerprint density at radius 3 is 2.32 bits per heavy atom. The minimum Gasteiger partial charge on any atom is -0.507 e. The maximum atomic E-state index is 13.3. The smallest absolute Gasteiger partial charge is 0.295 e. The number of hydrogen-bond acceptors (Lipinski definition) is 6. The summed E-state index contributed by atoms with van der Waals surface area (Å²) in [6, 6.07) is 13.7. The summed E-state index contributed by atoms with van der Waals surface area (Å²) in [6.07, 6.45) is 3.86. The number of carbonyl (C=O) groups excluding carboxylic acids is 2. The number of amides is 1. The summed E-state index contributed by atoms with van der Waals surface area (Å²) in [4.78, 5) is 30.5. The second-order valence-corrected chi connectivity index (χ2v) is 9.43. The average Bonchev–Trinajstić information content (AvgIpc) is 3.19. The second-order valence-electron chi connectivity index (χ2n) is 9.43. The van der Waals surface area contributed by atoms with Crippen LogP contribution in [0.4, 0.5) is 0 Å². The van der Waals surface area contributed by atoms with E-state index in [1.165, 1.54) is 0 Å². The molecule has 7 heteroatoms. The molecule has 1 heterocycles. The van der Waals surface area contributed by atoms with Gasteiger partial charge in [-0.15, -0.1) is 0 Å². The molecule has 1 aliphatic rings. The van der Waals surface area contributed by atoms with Gasteiger partial charge in [-0.25, -0.2) is 0 Å². The fourth-order valence-electron chi connectivity index (χ4n) is 4.83. The molecule has 1 atom stereocenters. The summed E-state index contributed by atoms with van der Waals surface area (Å²) in [6.45, 7) is 12.4. The van der Waals surface area contributed by atoms with Crippen LogP contribution in [0.5, 0.6) is 11.5 Å². The molecule has 7 nitrogen and oxygen atoms in total. The van der Waals surface area contributed by atoms with Crippen LogP contribution >= 0.6 is 0 Å². The van der Waals surface area contributed by atoms with Gasteiger partial charge in [-0.2, -0.15) is 0 Å². The van der Waals surface area contributed by atoms with Crippen molar-refractivity contribution in [1.82, 2.24) is 9.80 Å². The summed E-state index contributed by atoms with van der Waals surface area (Å²) in [7, 11) is 0. The van der Waals surface area contributed by atoms with Crippen molar-refractivity contribution in [1.29, 1.82) is 0 Å². The quantitative estimate of drug-likeness (QED) is 0.138. The lowest BCUT2D eigenvalue weighted by Crippen LogP contribution is -2.33. The van der Waals surface area contributed by atoms with Crippen molar-refractivity contribution in [3.05, 3.63) is 65.2 Å². The van der Waals surface area contributed by atoms with Gasteiger partial charge in [-0.1, -0.05) is 70.0 Å². The normalized spacial score (nSPS) is 16.9. The Morgan fingerprint density at radius 1 is 0.921 bits per heavy atom. The molecule has 1 N–H and O–H groups in total. The number of unbranched alkanes of at least 4 members (excludes halogenated alkanes) is 2. The van der Waals surface area contributed by atoms with Crippen LogP contribution in [-0.4, -0.2) is 66.0 Å². The maximum Gasteiger partial charge on any atom is 0.295 e. The molecule has 1 amide bonds. The van der Waals surface area contributed by atoms with Crippen molar-refractivity contribution >= 4 is 17.4 Å². The van der Waals surface area contributed by atoms with Gasteiger partial charge in [0.2, 0.25) is 0 Å². The van der Waals surface area contributed by atoms with Gasteiger partial charge < -0.3 is 24.4 Å². The summed E-state index contributed by atoms with van der Waals surface area (Å²) in [5, 5.41) is 11.3. The first-order valence-electron chi connectivity index (χ1n) is 13.9. The Balaban J connectivity index is 2.02. The lowest BCUT2D eigenvalue weighted by molar-refractivity contribution is -0.140. The third-order valence-electron chi connectivity index (χ3n) is 6.94. The van der Waals surface area contributed by atoms with E-state index < -0.39 is 17.7 Å². The number of Topliss-reactive ketones (excluding diaryl/α,β-unsaturated/α-hetero) is 1. The number of carbonyl (C=O) groups is 2. The SMILES string of the molecule is CCCCCOc1ccc(C2/C(=C(\O)c3ccccc3)C(=O)C(=O)N2CCCN(CC)CC)cc1OCC.